The second kappa shape index (κ2) is 7.11. The van der Waals surface area contributed by atoms with Crippen molar-refractivity contribution >= 4 is 15.9 Å². The van der Waals surface area contributed by atoms with Gasteiger partial charge in [-0.3, -0.25) is 4.79 Å². The van der Waals surface area contributed by atoms with Crippen LogP contribution in [0.2, 0.25) is 0 Å². The fraction of sp³-hybridized carbons (Fsp3) is 0.789. The van der Waals surface area contributed by atoms with Crippen LogP contribution in [0.3, 0.4) is 0 Å². The van der Waals surface area contributed by atoms with Crippen molar-refractivity contribution in [2.75, 3.05) is 46.3 Å². The first-order chi connectivity index (χ1) is 13.2. The molecule has 0 bridgehead atoms. The van der Waals surface area contributed by atoms with Gasteiger partial charge in [-0.1, -0.05) is 12.8 Å². The number of likely N-dealkylation sites (N-methyl/N-ethyl adjacent to an activating group) is 1. The second-order valence-corrected chi connectivity index (χ2v) is 10.7. The van der Waals surface area contributed by atoms with Gasteiger partial charge >= 0.3 is 0 Å². The van der Waals surface area contributed by atoms with E-state index in [1.807, 2.05) is 4.90 Å². The first kappa shape index (κ1) is 19.8. The minimum absolute atomic E-state index is 0.0911. The summed E-state index contributed by atoms with van der Waals surface area (Å²) in [4.78, 5) is 21.8. The molecule has 2 aliphatic heterocycles. The molecule has 1 unspecified atom stereocenters. The average Bonchev–Trinajstić information content (AvgIpc) is 3.37. The molecule has 28 heavy (non-hydrogen) atoms. The van der Waals surface area contributed by atoms with Gasteiger partial charge in [0.1, 0.15) is 5.82 Å². The van der Waals surface area contributed by atoms with Crippen molar-refractivity contribution in [3.05, 3.63) is 12.0 Å². The number of nitrogens with zero attached hydrogens (tertiary/aromatic N) is 5. The average molecular weight is 410 g/mol. The maximum Gasteiger partial charge on any atom is 0.262 e. The van der Waals surface area contributed by atoms with Gasteiger partial charge in [0.05, 0.1) is 5.92 Å². The van der Waals surface area contributed by atoms with E-state index < -0.39 is 10.0 Å². The third-order valence-corrected chi connectivity index (χ3v) is 8.70. The van der Waals surface area contributed by atoms with E-state index in [1.54, 1.807) is 24.7 Å². The van der Waals surface area contributed by atoms with Crippen LogP contribution in [0.15, 0.2) is 11.2 Å². The van der Waals surface area contributed by atoms with E-state index >= 15 is 0 Å². The van der Waals surface area contributed by atoms with Crippen LogP contribution in [0.25, 0.3) is 0 Å². The molecule has 1 aromatic heterocycles. The standard InChI is InChI=1S/C19H31N5O3S/c1-15-20-17(13-22(15)3)28(26,27)24-12-16(19(14-24)6-4-5-7-19)18(25)23-10-8-21(2)9-11-23/h13,16H,4-12,14H2,1-3H3. The molecule has 1 amide bonds. The minimum atomic E-state index is -3.69. The lowest BCUT2D eigenvalue weighted by Crippen LogP contribution is -2.51. The summed E-state index contributed by atoms with van der Waals surface area (Å²) in [6.45, 7) is 5.73. The smallest absolute Gasteiger partial charge is 0.262 e. The van der Waals surface area contributed by atoms with Crippen LogP contribution in [0.5, 0.6) is 0 Å². The number of hydrogen-bond donors (Lipinski definition) is 0. The summed E-state index contributed by atoms with van der Waals surface area (Å²) in [6.07, 6.45) is 5.59. The fourth-order valence-electron chi connectivity index (χ4n) is 5.06. The number of carbonyl (C=O) groups is 1. The molecule has 3 aliphatic rings. The first-order valence-corrected chi connectivity index (χ1v) is 11.6. The van der Waals surface area contributed by atoms with E-state index in [0.29, 0.717) is 12.4 Å². The number of hydrogen-bond acceptors (Lipinski definition) is 5. The monoisotopic (exact) mass is 409 g/mol. The number of sulfonamides is 1. The van der Waals surface area contributed by atoms with Gasteiger partial charge in [-0.05, 0) is 32.2 Å². The van der Waals surface area contributed by atoms with Gasteiger partial charge in [0.15, 0.2) is 5.03 Å². The zero-order chi connectivity index (χ0) is 20.1. The number of aryl methyl sites for hydroxylation is 2. The summed E-state index contributed by atoms with van der Waals surface area (Å²) in [5.74, 6) is 0.571. The van der Waals surface area contributed by atoms with Gasteiger partial charge in [-0.15, -0.1) is 0 Å². The lowest BCUT2D eigenvalue weighted by atomic mass is 9.76. The van der Waals surface area contributed by atoms with E-state index in [2.05, 4.69) is 16.9 Å². The highest BCUT2D eigenvalue weighted by molar-refractivity contribution is 7.89. The van der Waals surface area contributed by atoms with Crippen LogP contribution < -0.4 is 0 Å². The normalized spacial score (nSPS) is 26.4. The lowest BCUT2D eigenvalue weighted by Gasteiger charge is -2.37. The Morgan fingerprint density at radius 1 is 1.14 bits per heavy atom. The van der Waals surface area contributed by atoms with Crippen LogP contribution in [0.4, 0.5) is 0 Å². The van der Waals surface area contributed by atoms with Gasteiger partial charge in [0.2, 0.25) is 5.91 Å². The molecule has 4 rings (SSSR count). The van der Waals surface area contributed by atoms with Gasteiger partial charge in [0, 0.05) is 52.5 Å². The van der Waals surface area contributed by atoms with Crippen molar-refractivity contribution in [2.24, 2.45) is 18.4 Å². The molecule has 1 spiro atoms. The Kier molecular flexibility index (Phi) is 5.04. The number of amides is 1. The van der Waals surface area contributed by atoms with E-state index in [1.165, 1.54) is 4.31 Å². The molecule has 3 heterocycles. The molecule has 9 heteroatoms. The Bertz CT molecular complexity index is 831. The van der Waals surface area contributed by atoms with E-state index in [9.17, 15) is 13.2 Å². The van der Waals surface area contributed by atoms with Gasteiger partial charge < -0.3 is 14.4 Å². The number of aromatic nitrogens is 2. The second-order valence-electron chi connectivity index (χ2n) is 8.79. The molecular weight excluding hydrogens is 378 g/mol. The van der Waals surface area contributed by atoms with Gasteiger partial charge in [-0.2, -0.15) is 4.31 Å². The maximum absolute atomic E-state index is 13.4. The molecule has 0 radical (unpaired) electrons. The molecule has 156 valence electrons. The SMILES string of the molecule is Cc1nc(S(=O)(=O)N2CC(C(=O)N3CCN(C)CC3)C3(CCCC3)C2)cn1C. The highest BCUT2D eigenvalue weighted by Gasteiger charge is 2.55. The number of carbonyl (C=O) groups excluding carboxylic acids is 1. The maximum atomic E-state index is 13.4. The molecule has 8 nitrogen and oxygen atoms in total. The Balaban J connectivity index is 1.60. The van der Waals surface area contributed by atoms with E-state index in [4.69, 9.17) is 0 Å². The summed E-state index contributed by atoms with van der Waals surface area (Å²) < 4.78 is 29.7. The minimum Gasteiger partial charge on any atom is -0.340 e. The quantitative estimate of drug-likeness (QED) is 0.734. The molecule has 0 aromatic carbocycles. The summed E-state index contributed by atoms with van der Waals surface area (Å²) in [5, 5.41) is 0.0911. The third kappa shape index (κ3) is 3.27. The van der Waals surface area contributed by atoms with Crippen molar-refractivity contribution in [1.29, 1.82) is 0 Å². The Labute approximate surface area is 167 Å². The van der Waals surface area contributed by atoms with E-state index in [-0.39, 0.29) is 28.8 Å². The summed E-state index contributed by atoms with van der Waals surface area (Å²) in [5.41, 5.74) is -0.211. The third-order valence-electron chi connectivity index (χ3n) is 7.02. The molecule has 2 saturated heterocycles. The van der Waals surface area contributed by atoms with Crippen molar-refractivity contribution in [1.82, 2.24) is 23.7 Å². The van der Waals surface area contributed by atoms with Crippen molar-refractivity contribution in [3.63, 3.8) is 0 Å². The van der Waals surface area contributed by atoms with Crippen molar-refractivity contribution in [3.8, 4) is 0 Å². The predicted molar refractivity (Wildman–Crippen MR) is 105 cm³/mol. The highest BCUT2D eigenvalue weighted by Crippen LogP contribution is 2.50. The van der Waals surface area contributed by atoms with Crippen molar-refractivity contribution in [2.45, 2.75) is 37.6 Å². The summed E-state index contributed by atoms with van der Waals surface area (Å²) in [7, 11) is 0.176. The lowest BCUT2D eigenvalue weighted by molar-refractivity contribution is -0.139. The number of piperazine rings is 1. The molecule has 1 aliphatic carbocycles. The molecule has 3 fully saturated rings. The van der Waals surface area contributed by atoms with Gasteiger partial charge in [-0.25, -0.2) is 13.4 Å². The van der Waals surface area contributed by atoms with E-state index in [0.717, 1.165) is 51.9 Å². The van der Waals surface area contributed by atoms with Crippen molar-refractivity contribution < 1.29 is 13.2 Å². The Morgan fingerprint density at radius 3 is 2.36 bits per heavy atom. The Morgan fingerprint density at radius 2 is 1.79 bits per heavy atom. The van der Waals surface area contributed by atoms with Gasteiger partial charge in [0.25, 0.3) is 10.0 Å². The Hall–Kier alpha value is -1.45. The van der Waals surface area contributed by atoms with Crippen LogP contribution in [-0.4, -0.2) is 84.3 Å². The number of imidazole rings is 1. The summed E-state index contributed by atoms with van der Waals surface area (Å²) >= 11 is 0. The molecule has 1 saturated carbocycles. The van der Waals surface area contributed by atoms with Crippen LogP contribution in [0.1, 0.15) is 31.5 Å². The highest BCUT2D eigenvalue weighted by atomic mass is 32.2. The number of rotatable bonds is 3. The predicted octanol–water partition coefficient (Wildman–Crippen LogP) is 0.683. The largest absolute Gasteiger partial charge is 0.340 e. The molecular formula is C19H31N5O3S. The topological polar surface area (TPSA) is 78.8 Å². The van der Waals surface area contributed by atoms with Crippen LogP contribution in [0, 0.1) is 18.3 Å². The zero-order valence-corrected chi connectivity index (χ0v) is 17.9. The molecule has 1 atom stereocenters. The van der Waals surface area contributed by atoms with Crippen LogP contribution >= 0.6 is 0 Å². The first-order valence-electron chi connectivity index (χ1n) is 10.2. The zero-order valence-electron chi connectivity index (χ0n) is 17.1. The molecule has 0 N–H and O–H groups in total. The van der Waals surface area contributed by atoms with Crippen LogP contribution in [-0.2, 0) is 21.9 Å². The fourth-order valence-corrected chi connectivity index (χ4v) is 6.64. The summed E-state index contributed by atoms with van der Waals surface area (Å²) in [6, 6.07) is 0. The molecule has 1 aromatic rings.